The third kappa shape index (κ3) is 5.24. The van der Waals surface area contributed by atoms with E-state index in [1.165, 1.54) is 6.07 Å². The van der Waals surface area contributed by atoms with Crippen LogP contribution in [0, 0.1) is 6.92 Å². The minimum Gasteiger partial charge on any atom is -0.375 e. The molecule has 0 unspecified atom stereocenters. The molecule has 8 heteroatoms. The van der Waals surface area contributed by atoms with Crippen molar-refractivity contribution in [1.29, 1.82) is 0 Å². The topological polar surface area (TPSA) is 96.5 Å². The quantitative estimate of drug-likeness (QED) is 0.745. The molecule has 3 N–H and O–H groups in total. The molecule has 1 aromatic rings. The highest BCUT2D eigenvalue weighted by Gasteiger charge is 2.29. The van der Waals surface area contributed by atoms with E-state index in [4.69, 9.17) is 4.74 Å². The van der Waals surface area contributed by atoms with Crippen LogP contribution in [0.2, 0.25) is 0 Å². The number of aryl methyl sites for hydroxylation is 1. The third-order valence-electron chi connectivity index (χ3n) is 3.78. The predicted molar refractivity (Wildman–Crippen MR) is 97.1 cm³/mol. The summed E-state index contributed by atoms with van der Waals surface area (Å²) in [6.45, 7) is 10.1. The summed E-state index contributed by atoms with van der Waals surface area (Å²) >= 11 is 0. The molecule has 1 aliphatic rings. The number of nitrogens with one attached hydrogen (secondary N) is 3. The van der Waals surface area contributed by atoms with Crippen LogP contribution in [0.5, 0.6) is 0 Å². The zero-order valence-electron chi connectivity index (χ0n) is 15.3. The van der Waals surface area contributed by atoms with E-state index in [0.717, 1.165) is 0 Å². The monoisotopic (exact) mass is 369 g/mol. The standard InChI is InChI=1S/C17H27N3O4S/c1-11-6-7-13(10-14(11)25(22,23)20-17(3,4)5)19-16(21)15-12(2)24-9-8-18-15/h6-7,10,12,15,18,20H,8-9H2,1-5H3,(H,19,21)/t12-,15+/m1/s1. The second-order valence-electron chi connectivity index (χ2n) is 7.33. The van der Waals surface area contributed by atoms with E-state index < -0.39 is 21.6 Å². The molecule has 1 amide bonds. The molecular weight excluding hydrogens is 342 g/mol. The number of carbonyl (C=O) groups excluding carboxylic acids is 1. The second kappa shape index (κ2) is 7.41. The molecule has 1 fully saturated rings. The van der Waals surface area contributed by atoms with Crippen molar-refractivity contribution in [3.8, 4) is 0 Å². The van der Waals surface area contributed by atoms with Gasteiger partial charge in [0.15, 0.2) is 0 Å². The molecule has 1 aromatic carbocycles. The van der Waals surface area contributed by atoms with E-state index in [-0.39, 0.29) is 16.9 Å². The molecule has 0 aromatic heterocycles. The smallest absolute Gasteiger partial charge is 0.244 e. The third-order valence-corrected chi connectivity index (χ3v) is 5.68. The summed E-state index contributed by atoms with van der Waals surface area (Å²) in [6.07, 6.45) is -0.245. The number of rotatable bonds is 4. The first kappa shape index (κ1) is 19.8. The molecule has 25 heavy (non-hydrogen) atoms. The van der Waals surface area contributed by atoms with Gasteiger partial charge in [0.05, 0.1) is 17.6 Å². The van der Waals surface area contributed by atoms with Crippen LogP contribution in [0.3, 0.4) is 0 Å². The van der Waals surface area contributed by atoms with Gasteiger partial charge in [-0.1, -0.05) is 6.07 Å². The molecular formula is C17H27N3O4S. The molecule has 140 valence electrons. The Bertz CT molecular complexity index is 741. The number of carbonyl (C=O) groups is 1. The molecule has 7 nitrogen and oxygen atoms in total. The summed E-state index contributed by atoms with van der Waals surface area (Å²) in [5.74, 6) is -0.247. The SMILES string of the molecule is Cc1ccc(NC(=O)[C@H]2NCCO[C@@H]2C)cc1S(=O)(=O)NC(C)(C)C. The van der Waals surface area contributed by atoms with Crippen LogP contribution in [0.25, 0.3) is 0 Å². The normalized spacial score (nSPS) is 21.8. The number of amides is 1. The Balaban J connectivity index is 2.22. The number of benzene rings is 1. The molecule has 0 bridgehead atoms. The van der Waals surface area contributed by atoms with Gasteiger partial charge in [0.2, 0.25) is 15.9 Å². The van der Waals surface area contributed by atoms with Crippen LogP contribution in [-0.2, 0) is 19.6 Å². The molecule has 0 aliphatic carbocycles. The van der Waals surface area contributed by atoms with Gasteiger partial charge >= 0.3 is 0 Å². The molecule has 2 rings (SSSR count). The van der Waals surface area contributed by atoms with Gasteiger partial charge in [-0.25, -0.2) is 13.1 Å². The fourth-order valence-corrected chi connectivity index (χ4v) is 4.36. The Morgan fingerprint density at radius 3 is 2.60 bits per heavy atom. The van der Waals surface area contributed by atoms with Gasteiger partial charge in [0.1, 0.15) is 6.04 Å². The second-order valence-corrected chi connectivity index (χ2v) is 8.98. The lowest BCUT2D eigenvalue weighted by atomic mass is 10.1. The van der Waals surface area contributed by atoms with Gasteiger partial charge in [0, 0.05) is 17.8 Å². The van der Waals surface area contributed by atoms with Crippen molar-refractivity contribution in [3.05, 3.63) is 23.8 Å². The van der Waals surface area contributed by atoms with Crippen LogP contribution in [0.1, 0.15) is 33.3 Å². The first-order valence-electron chi connectivity index (χ1n) is 8.30. The number of hydrogen-bond acceptors (Lipinski definition) is 5. The summed E-state index contributed by atoms with van der Waals surface area (Å²) in [7, 11) is -3.68. The number of anilines is 1. The maximum Gasteiger partial charge on any atom is 0.244 e. The summed E-state index contributed by atoms with van der Waals surface area (Å²) in [4.78, 5) is 12.6. The van der Waals surface area contributed by atoms with Crippen molar-refractivity contribution >= 4 is 21.6 Å². The molecule has 0 radical (unpaired) electrons. The minimum atomic E-state index is -3.68. The fourth-order valence-electron chi connectivity index (χ4n) is 2.67. The average molecular weight is 369 g/mol. The first-order chi connectivity index (χ1) is 11.5. The molecule has 1 heterocycles. The van der Waals surface area contributed by atoms with Crippen molar-refractivity contribution in [2.24, 2.45) is 0 Å². The van der Waals surface area contributed by atoms with Crippen molar-refractivity contribution in [3.63, 3.8) is 0 Å². The molecule has 2 atom stereocenters. The van der Waals surface area contributed by atoms with Crippen molar-refractivity contribution in [2.45, 2.75) is 57.2 Å². The van der Waals surface area contributed by atoms with Crippen LogP contribution in [-0.4, -0.2) is 45.2 Å². The zero-order valence-corrected chi connectivity index (χ0v) is 16.2. The van der Waals surface area contributed by atoms with Gasteiger partial charge in [0.25, 0.3) is 0 Å². The van der Waals surface area contributed by atoms with Crippen LogP contribution in [0.4, 0.5) is 5.69 Å². The van der Waals surface area contributed by atoms with Crippen LogP contribution < -0.4 is 15.4 Å². The zero-order chi connectivity index (χ0) is 18.8. The predicted octanol–water partition coefficient (Wildman–Crippen LogP) is 1.39. The Morgan fingerprint density at radius 1 is 1.32 bits per heavy atom. The largest absolute Gasteiger partial charge is 0.375 e. The van der Waals surface area contributed by atoms with E-state index in [0.29, 0.717) is 24.4 Å². The van der Waals surface area contributed by atoms with Crippen molar-refractivity contribution < 1.29 is 17.9 Å². The summed E-state index contributed by atoms with van der Waals surface area (Å²) < 4.78 is 33.3. The first-order valence-corrected chi connectivity index (χ1v) is 9.78. The van der Waals surface area contributed by atoms with E-state index in [9.17, 15) is 13.2 Å². The highest BCUT2D eigenvalue weighted by molar-refractivity contribution is 7.89. The number of sulfonamides is 1. The molecule has 0 spiro atoms. The summed E-state index contributed by atoms with van der Waals surface area (Å²) in [5, 5.41) is 5.88. The van der Waals surface area contributed by atoms with E-state index in [1.54, 1.807) is 39.8 Å². The lowest BCUT2D eigenvalue weighted by Crippen LogP contribution is -2.53. The maximum absolute atomic E-state index is 12.6. The van der Waals surface area contributed by atoms with Crippen LogP contribution in [0.15, 0.2) is 23.1 Å². The Kier molecular flexibility index (Phi) is 5.88. The van der Waals surface area contributed by atoms with Gasteiger partial charge in [-0.15, -0.1) is 0 Å². The Labute approximate surface area is 149 Å². The van der Waals surface area contributed by atoms with E-state index in [1.807, 2.05) is 6.92 Å². The van der Waals surface area contributed by atoms with Gasteiger partial charge in [-0.05, 0) is 52.3 Å². The van der Waals surface area contributed by atoms with E-state index in [2.05, 4.69) is 15.4 Å². The Hall–Kier alpha value is -1.48. The fraction of sp³-hybridized carbons (Fsp3) is 0.588. The van der Waals surface area contributed by atoms with Gasteiger partial charge in [-0.3, -0.25) is 4.79 Å². The minimum absolute atomic E-state index is 0.154. The summed E-state index contributed by atoms with van der Waals surface area (Å²) in [6, 6.07) is 4.39. The van der Waals surface area contributed by atoms with E-state index >= 15 is 0 Å². The highest BCUT2D eigenvalue weighted by atomic mass is 32.2. The number of ether oxygens (including phenoxy) is 1. The number of hydrogen-bond donors (Lipinski definition) is 3. The number of morpholine rings is 1. The lowest BCUT2D eigenvalue weighted by molar-refractivity contribution is -0.123. The average Bonchev–Trinajstić information content (AvgIpc) is 2.47. The molecule has 0 saturated carbocycles. The lowest BCUT2D eigenvalue weighted by Gasteiger charge is -2.29. The summed E-state index contributed by atoms with van der Waals surface area (Å²) in [5.41, 5.74) is 0.454. The van der Waals surface area contributed by atoms with Gasteiger partial charge in [-0.2, -0.15) is 0 Å². The highest BCUT2D eigenvalue weighted by Crippen LogP contribution is 2.22. The van der Waals surface area contributed by atoms with Crippen LogP contribution >= 0.6 is 0 Å². The molecule has 1 saturated heterocycles. The van der Waals surface area contributed by atoms with Gasteiger partial charge < -0.3 is 15.4 Å². The molecule has 1 aliphatic heterocycles. The van der Waals surface area contributed by atoms with Crippen molar-refractivity contribution in [1.82, 2.24) is 10.0 Å². The van der Waals surface area contributed by atoms with Crippen molar-refractivity contribution in [2.75, 3.05) is 18.5 Å². The Morgan fingerprint density at radius 2 is 2.00 bits per heavy atom. The maximum atomic E-state index is 12.6.